The number of nitrogens with zero attached hydrogens (tertiary/aromatic N) is 1. The smallest absolute Gasteiger partial charge is 0.0720 e. The number of hydrogen-bond donors (Lipinski definition) is 1. The van der Waals surface area contributed by atoms with Crippen LogP contribution in [0.2, 0.25) is 5.02 Å². The number of anilines is 1. The Balaban J connectivity index is 2.14. The molecule has 0 aliphatic rings. The maximum absolute atomic E-state index is 6.05. The summed E-state index contributed by atoms with van der Waals surface area (Å²) < 4.78 is 0. The van der Waals surface area contributed by atoms with E-state index in [1.54, 1.807) is 18.5 Å². The van der Waals surface area contributed by atoms with Crippen LogP contribution in [0.5, 0.6) is 0 Å². The molecule has 0 aliphatic carbocycles. The van der Waals surface area contributed by atoms with Gasteiger partial charge in [-0.15, -0.1) is 0 Å². The Kier molecular flexibility index (Phi) is 3.42. The van der Waals surface area contributed by atoms with Gasteiger partial charge in [-0.05, 0) is 18.6 Å². The molecule has 0 fully saturated rings. The lowest BCUT2D eigenvalue weighted by atomic mass is 10.1. The molecule has 2 aromatic rings. The molecule has 0 saturated carbocycles. The second-order valence-corrected chi connectivity index (χ2v) is 4.04. The summed E-state index contributed by atoms with van der Waals surface area (Å²) in [5.41, 5.74) is 2.09. The van der Waals surface area contributed by atoms with Crippen molar-refractivity contribution >= 4 is 17.3 Å². The van der Waals surface area contributed by atoms with Crippen LogP contribution in [0.25, 0.3) is 0 Å². The molecule has 0 amide bonds. The molecule has 16 heavy (non-hydrogen) atoms. The van der Waals surface area contributed by atoms with Gasteiger partial charge in [-0.1, -0.05) is 41.9 Å². The van der Waals surface area contributed by atoms with E-state index in [0.717, 1.165) is 5.69 Å². The lowest BCUT2D eigenvalue weighted by molar-refractivity contribution is 0.883. The first kappa shape index (κ1) is 11.0. The van der Waals surface area contributed by atoms with Crippen LogP contribution in [0.4, 0.5) is 5.69 Å². The fourth-order valence-corrected chi connectivity index (χ4v) is 1.70. The molecule has 3 heteroatoms. The minimum Gasteiger partial charge on any atom is -0.376 e. The third-order valence-electron chi connectivity index (χ3n) is 2.44. The van der Waals surface area contributed by atoms with E-state index in [1.807, 2.05) is 18.2 Å². The summed E-state index contributed by atoms with van der Waals surface area (Å²) in [6.07, 6.45) is 3.42. The van der Waals surface area contributed by atoms with Crippen molar-refractivity contribution in [1.82, 2.24) is 4.98 Å². The van der Waals surface area contributed by atoms with Crippen molar-refractivity contribution in [2.75, 3.05) is 5.32 Å². The van der Waals surface area contributed by atoms with E-state index in [-0.39, 0.29) is 6.04 Å². The zero-order chi connectivity index (χ0) is 11.4. The maximum Gasteiger partial charge on any atom is 0.0720 e. The molecule has 0 saturated heterocycles. The Morgan fingerprint density at radius 1 is 1.19 bits per heavy atom. The van der Waals surface area contributed by atoms with Gasteiger partial charge in [0.15, 0.2) is 0 Å². The van der Waals surface area contributed by atoms with Crippen LogP contribution < -0.4 is 5.32 Å². The quantitative estimate of drug-likeness (QED) is 0.868. The van der Waals surface area contributed by atoms with Gasteiger partial charge in [0.2, 0.25) is 0 Å². The standard InChI is InChI=1S/C13H13ClN2/c1-10(11-5-3-2-4-6-11)16-13-9-15-8-7-12(13)14/h2-10,16H,1H3. The number of halogens is 1. The van der Waals surface area contributed by atoms with E-state index in [4.69, 9.17) is 11.6 Å². The second-order valence-electron chi connectivity index (χ2n) is 3.63. The molecule has 0 aliphatic heterocycles. The SMILES string of the molecule is CC(Nc1cnccc1Cl)c1ccccc1. The van der Waals surface area contributed by atoms with Gasteiger partial charge in [-0.3, -0.25) is 4.98 Å². The normalized spacial score (nSPS) is 12.1. The first-order chi connectivity index (χ1) is 7.77. The van der Waals surface area contributed by atoms with Crippen LogP contribution in [0.3, 0.4) is 0 Å². The van der Waals surface area contributed by atoms with Crippen molar-refractivity contribution in [3.63, 3.8) is 0 Å². The van der Waals surface area contributed by atoms with Gasteiger partial charge in [-0.25, -0.2) is 0 Å². The Morgan fingerprint density at radius 2 is 1.94 bits per heavy atom. The fraction of sp³-hybridized carbons (Fsp3) is 0.154. The van der Waals surface area contributed by atoms with E-state index in [2.05, 4.69) is 29.4 Å². The van der Waals surface area contributed by atoms with Crippen LogP contribution in [-0.2, 0) is 0 Å². The molecule has 0 spiro atoms. The summed E-state index contributed by atoms with van der Waals surface area (Å²) in [5, 5.41) is 4.02. The number of hydrogen-bond acceptors (Lipinski definition) is 2. The molecule has 2 rings (SSSR count). The highest BCUT2D eigenvalue weighted by Crippen LogP contribution is 2.24. The van der Waals surface area contributed by atoms with Gasteiger partial charge in [0.1, 0.15) is 0 Å². The zero-order valence-corrected chi connectivity index (χ0v) is 9.78. The van der Waals surface area contributed by atoms with Crippen molar-refractivity contribution in [3.05, 3.63) is 59.4 Å². The molecule has 1 unspecified atom stereocenters. The van der Waals surface area contributed by atoms with Gasteiger partial charge in [0.05, 0.1) is 16.9 Å². The topological polar surface area (TPSA) is 24.9 Å². The maximum atomic E-state index is 6.05. The van der Waals surface area contributed by atoms with Crippen molar-refractivity contribution in [2.24, 2.45) is 0 Å². The van der Waals surface area contributed by atoms with Crippen LogP contribution in [0, 0.1) is 0 Å². The molecular formula is C13H13ClN2. The largest absolute Gasteiger partial charge is 0.376 e. The van der Waals surface area contributed by atoms with Crippen LogP contribution in [-0.4, -0.2) is 4.98 Å². The fourth-order valence-electron chi connectivity index (χ4n) is 1.54. The summed E-state index contributed by atoms with van der Waals surface area (Å²) >= 11 is 6.05. The average molecular weight is 233 g/mol. The van der Waals surface area contributed by atoms with Gasteiger partial charge in [0.25, 0.3) is 0 Å². The summed E-state index contributed by atoms with van der Waals surface area (Å²) in [5.74, 6) is 0. The third-order valence-corrected chi connectivity index (χ3v) is 2.77. The summed E-state index contributed by atoms with van der Waals surface area (Å²) in [4.78, 5) is 4.05. The summed E-state index contributed by atoms with van der Waals surface area (Å²) in [6.45, 7) is 2.10. The van der Waals surface area contributed by atoms with Gasteiger partial charge in [0, 0.05) is 12.2 Å². The predicted octanol–water partition coefficient (Wildman–Crippen LogP) is 3.91. The molecule has 1 heterocycles. The average Bonchev–Trinajstić information content (AvgIpc) is 2.33. The van der Waals surface area contributed by atoms with E-state index >= 15 is 0 Å². The van der Waals surface area contributed by atoms with Crippen molar-refractivity contribution in [3.8, 4) is 0 Å². The van der Waals surface area contributed by atoms with Crippen LogP contribution in [0.1, 0.15) is 18.5 Å². The van der Waals surface area contributed by atoms with E-state index in [0.29, 0.717) is 5.02 Å². The number of pyridine rings is 1. The van der Waals surface area contributed by atoms with Crippen molar-refractivity contribution in [1.29, 1.82) is 0 Å². The Labute approximate surface area is 100 Å². The molecule has 0 bridgehead atoms. The number of aromatic nitrogens is 1. The number of nitrogens with one attached hydrogen (secondary N) is 1. The molecule has 1 N–H and O–H groups in total. The second kappa shape index (κ2) is 4.99. The minimum atomic E-state index is 0.211. The predicted molar refractivity (Wildman–Crippen MR) is 67.7 cm³/mol. The van der Waals surface area contributed by atoms with Crippen molar-refractivity contribution < 1.29 is 0 Å². The summed E-state index contributed by atoms with van der Waals surface area (Å²) in [7, 11) is 0. The Hall–Kier alpha value is -1.54. The van der Waals surface area contributed by atoms with E-state index < -0.39 is 0 Å². The van der Waals surface area contributed by atoms with Gasteiger partial charge < -0.3 is 5.32 Å². The van der Waals surface area contributed by atoms with Crippen LogP contribution >= 0.6 is 11.6 Å². The zero-order valence-electron chi connectivity index (χ0n) is 9.02. The molecule has 2 nitrogen and oxygen atoms in total. The van der Waals surface area contributed by atoms with E-state index in [1.165, 1.54) is 5.56 Å². The molecule has 1 aromatic carbocycles. The first-order valence-electron chi connectivity index (χ1n) is 5.18. The number of rotatable bonds is 3. The lowest BCUT2D eigenvalue weighted by Gasteiger charge is -2.16. The Bertz CT molecular complexity index is 456. The third kappa shape index (κ3) is 2.52. The van der Waals surface area contributed by atoms with E-state index in [9.17, 15) is 0 Å². The monoisotopic (exact) mass is 232 g/mol. The van der Waals surface area contributed by atoms with Crippen molar-refractivity contribution in [2.45, 2.75) is 13.0 Å². The highest BCUT2D eigenvalue weighted by Gasteiger charge is 2.06. The molecule has 1 aromatic heterocycles. The first-order valence-corrected chi connectivity index (χ1v) is 5.56. The minimum absolute atomic E-state index is 0.211. The summed E-state index contributed by atoms with van der Waals surface area (Å²) in [6, 6.07) is 12.2. The highest BCUT2D eigenvalue weighted by molar-refractivity contribution is 6.33. The molecular weight excluding hydrogens is 220 g/mol. The highest BCUT2D eigenvalue weighted by atomic mass is 35.5. The Morgan fingerprint density at radius 3 is 2.62 bits per heavy atom. The molecule has 82 valence electrons. The molecule has 1 atom stereocenters. The van der Waals surface area contributed by atoms with Gasteiger partial charge >= 0.3 is 0 Å². The lowest BCUT2D eigenvalue weighted by Crippen LogP contribution is -2.06. The van der Waals surface area contributed by atoms with Crippen LogP contribution in [0.15, 0.2) is 48.8 Å². The molecule has 0 radical (unpaired) electrons. The number of benzene rings is 1. The van der Waals surface area contributed by atoms with Gasteiger partial charge in [-0.2, -0.15) is 0 Å².